The number of benzene rings is 1. The lowest BCUT2D eigenvalue weighted by Gasteiger charge is -2.32. The Labute approximate surface area is 156 Å². The van der Waals surface area contributed by atoms with E-state index in [4.69, 9.17) is 4.74 Å². The molecule has 1 saturated carbocycles. The summed E-state index contributed by atoms with van der Waals surface area (Å²) in [6.07, 6.45) is 9.35. The second-order valence-electron chi connectivity index (χ2n) is 7.67. The summed E-state index contributed by atoms with van der Waals surface area (Å²) < 4.78 is 5.75. The monoisotopic (exact) mass is 355 g/mol. The lowest BCUT2D eigenvalue weighted by molar-refractivity contribution is -0.158. The van der Waals surface area contributed by atoms with Crippen LogP contribution in [0.15, 0.2) is 36.4 Å². The summed E-state index contributed by atoms with van der Waals surface area (Å²) in [7, 11) is 0. The van der Waals surface area contributed by atoms with Crippen molar-refractivity contribution in [2.24, 2.45) is 11.8 Å². The van der Waals surface area contributed by atoms with Crippen molar-refractivity contribution in [1.29, 1.82) is 0 Å². The molecule has 4 nitrogen and oxygen atoms in total. The van der Waals surface area contributed by atoms with Crippen molar-refractivity contribution in [2.45, 2.75) is 51.6 Å². The summed E-state index contributed by atoms with van der Waals surface area (Å²) in [5, 5.41) is 0. The van der Waals surface area contributed by atoms with E-state index in [1.165, 1.54) is 6.42 Å². The van der Waals surface area contributed by atoms with Gasteiger partial charge in [0.15, 0.2) is 0 Å². The molecule has 1 aliphatic carbocycles. The predicted molar refractivity (Wildman–Crippen MR) is 102 cm³/mol. The van der Waals surface area contributed by atoms with Crippen molar-refractivity contribution in [3.05, 3.63) is 42.0 Å². The molecule has 1 aromatic rings. The summed E-state index contributed by atoms with van der Waals surface area (Å²) in [6, 6.07) is 9.80. The number of likely N-dealkylation sites (tertiary alicyclic amines) is 1. The van der Waals surface area contributed by atoms with Gasteiger partial charge in [-0.15, -0.1) is 0 Å². The Kier molecular flexibility index (Phi) is 6.48. The van der Waals surface area contributed by atoms with Crippen molar-refractivity contribution in [3.8, 4) is 0 Å². The van der Waals surface area contributed by atoms with Gasteiger partial charge < -0.3 is 9.64 Å². The van der Waals surface area contributed by atoms with Crippen LogP contribution in [0.2, 0.25) is 0 Å². The number of nitrogens with zero attached hydrogens (tertiary/aromatic N) is 1. The summed E-state index contributed by atoms with van der Waals surface area (Å²) in [5.41, 5.74) is 1.01. The highest BCUT2D eigenvalue weighted by Crippen LogP contribution is 2.28. The van der Waals surface area contributed by atoms with Crippen molar-refractivity contribution >= 4 is 18.0 Å². The van der Waals surface area contributed by atoms with Crippen LogP contribution in [-0.2, 0) is 14.3 Å². The third-order valence-corrected chi connectivity index (χ3v) is 5.53. The van der Waals surface area contributed by atoms with Crippen molar-refractivity contribution in [3.63, 3.8) is 0 Å². The van der Waals surface area contributed by atoms with E-state index in [0.29, 0.717) is 31.8 Å². The van der Waals surface area contributed by atoms with Crippen molar-refractivity contribution < 1.29 is 14.3 Å². The maximum absolute atomic E-state index is 12.4. The van der Waals surface area contributed by atoms with E-state index in [1.807, 2.05) is 41.3 Å². The van der Waals surface area contributed by atoms with Crippen molar-refractivity contribution in [1.82, 2.24) is 4.90 Å². The standard InChI is InChI=1S/C22H29NO3/c1-17-6-5-9-20(16-17)26-22(25)19-12-14-23(15-13-19)21(24)11-10-18-7-3-2-4-8-18/h2-4,7-8,10-11,17,19-20H,5-6,9,12-16H2,1H3/b11-10+. The molecule has 0 spiro atoms. The highest BCUT2D eigenvalue weighted by Gasteiger charge is 2.30. The van der Waals surface area contributed by atoms with Crippen molar-refractivity contribution in [2.75, 3.05) is 13.1 Å². The van der Waals surface area contributed by atoms with Crippen LogP contribution in [0.3, 0.4) is 0 Å². The molecule has 1 aromatic carbocycles. The first-order valence-corrected chi connectivity index (χ1v) is 9.84. The quantitative estimate of drug-likeness (QED) is 0.604. The van der Waals surface area contributed by atoms with E-state index in [1.54, 1.807) is 6.08 Å². The second kappa shape index (κ2) is 9.02. The fourth-order valence-corrected chi connectivity index (χ4v) is 3.92. The smallest absolute Gasteiger partial charge is 0.309 e. The van der Waals surface area contributed by atoms with Gasteiger partial charge in [0.2, 0.25) is 5.91 Å². The number of hydrogen-bond acceptors (Lipinski definition) is 3. The van der Waals surface area contributed by atoms with Gasteiger partial charge in [-0.3, -0.25) is 9.59 Å². The van der Waals surface area contributed by atoms with Crippen LogP contribution in [0, 0.1) is 11.8 Å². The first-order chi connectivity index (χ1) is 12.6. The zero-order valence-corrected chi connectivity index (χ0v) is 15.6. The highest BCUT2D eigenvalue weighted by atomic mass is 16.5. The molecule has 4 heteroatoms. The lowest BCUT2D eigenvalue weighted by Crippen LogP contribution is -2.40. The molecule has 2 atom stereocenters. The normalized spacial score (nSPS) is 24.6. The maximum Gasteiger partial charge on any atom is 0.309 e. The van der Waals surface area contributed by atoms with Gasteiger partial charge in [-0.2, -0.15) is 0 Å². The Bertz CT molecular complexity index is 632. The van der Waals surface area contributed by atoms with E-state index in [9.17, 15) is 9.59 Å². The molecule has 1 saturated heterocycles. The first-order valence-electron chi connectivity index (χ1n) is 9.84. The Morgan fingerprint density at radius 3 is 2.50 bits per heavy atom. The number of piperidine rings is 1. The zero-order chi connectivity index (χ0) is 18.4. The average molecular weight is 355 g/mol. The molecule has 2 fully saturated rings. The molecule has 0 aromatic heterocycles. The van der Waals surface area contributed by atoms with Crippen LogP contribution in [-0.4, -0.2) is 36.0 Å². The molecule has 140 valence electrons. The minimum absolute atomic E-state index is 0.0155. The van der Waals surface area contributed by atoms with Gasteiger partial charge in [0.25, 0.3) is 0 Å². The van der Waals surface area contributed by atoms with Gasteiger partial charge in [-0.05, 0) is 49.7 Å². The number of esters is 1. The number of amides is 1. The summed E-state index contributed by atoms with van der Waals surface area (Å²) in [6.45, 7) is 3.48. The number of ether oxygens (including phenoxy) is 1. The van der Waals surface area contributed by atoms with E-state index in [2.05, 4.69) is 6.92 Å². The Morgan fingerprint density at radius 1 is 1.08 bits per heavy atom. The van der Waals surface area contributed by atoms with Gasteiger partial charge in [0.1, 0.15) is 6.10 Å². The Hall–Kier alpha value is -2.10. The number of carbonyl (C=O) groups is 2. The molecule has 0 bridgehead atoms. The summed E-state index contributed by atoms with van der Waals surface area (Å²) >= 11 is 0. The van der Waals surface area contributed by atoms with Crippen LogP contribution in [0.5, 0.6) is 0 Å². The number of carbonyl (C=O) groups excluding carboxylic acids is 2. The highest BCUT2D eigenvalue weighted by molar-refractivity contribution is 5.92. The molecule has 0 N–H and O–H groups in total. The average Bonchev–Trinajstić information content (AvgIpc) is 2.67. The molecule has 1 aliphatic heterocycles. The van der Waals surface area contributed by atoms with Crippen LogP contribution in [0.1, 0.15) is 51.0 Å². The number of hydrogen-bond donors (Lipinski definition) is 0. The molecule has 26 heavy (non-hydrogen) atoms. The fourth-order valence-electron chi connectivity index (χ4n) is 3.92. The van der Waals surface area contributed by atoms with E-state index < -0.39 is 0 Å². The first kappa shape index (κ1) is 18.7. The molecule has 0 radical (unpaired) electrons. The van der Waals surface area contributed by atoms with Crippen LogP contribution >= 0.6 is 0 Å². The minimum Gasteiger partial charge on any atom is -0.462 e. The molecular formula is C22H29NO3. The summed E-state index contributed by atoms with van der Waals surface area (Å²) in [5.74, 6) is 0.546. The Balaban J connectivity index is 1.44. The fraction of sp³-hybridized carbons (Fsp3) is 0.545. The third-order valence-electron chi connectivity index (χ3n) is 5.53. The SMILES string of the molecule is CC1CCCC(OC(=O)C2CCN(C(=O)/C=C/c3ccccc3)CC2)C1. The molecule has 2 aliphatic rings. The van der Waals surface area contributed by atoms with Gasteiger partial charge >= 0.3 is 5.97 Å². The topological polar surface area (TPSA) is 46.6 Å². The molecule has 1 heterocycles. The molecule has 2 unspecified atom stereocenters. The van der Waals surface area contributed by atoms with E-state index in [-0.39, 0.29) is 23.9 Å². The van der Waals surface area contributed by atoms with Gasteiger partial charge in [0.05, 0.1) is 5.92 Å². The third kappa shape index (κ3) is 5.20. The molecular weight excluding hydrogens is 326 g/mol. The van der Waals surface area contributed by atoms with E-state index in [0.717, 1.165) is 24.8 Å². The lowest BCUT2D eigenvalue weighted by atomic mass is 9.88. The Morgan fingerprint density at radius 2 is 1.81 bits per heavy atom. The van der Waals surface area contributed by atoms with E-state index >= 15 is 0 Å². The number of rotatable bonds is 4. The summed E-state index contributed by atoms with van der Waals surface area (Å²) in [4.78, 5) is 26.6. The van der Waals surface area contributed by atoms with Crippen LogP contribution in [0.25, 0.3) is 6.08 Å². The maximum atomic E-state index is 12.4. The molecule has 3 rings (SSSR count). The molecule has 1 amide bonds. The second-order valence-corrected chi connectivity index (χ2v) is 7.67. The van der Waals surface area contributed by atoms with Gasteiger partial charge in [-0.1, -0.05) is 43.7 Å². The minimum atomic E-state index is -0.0608. The van der Waals surface area contributed by atoms with Crippen LogP contribution < -0.4 is 0 Å². The van der Waals surface area contributed by atoms with Gasteiger partial charge in [-0.25, -0.2) is 0 Å². The largest absolute Gasteiger partial charge is 0.462 e. The predicted octanol–water partition coefficient (Wildman–Crippen LogP) is 4.06. The zero-order valence-electron chi connectivity index (χ0n) is 15.6. The van der Waals surface area contributed by atoms with Gasteiger partial charge in [0, 0.05) is 19.2 Å². The van der Waals surface area contributed by atoms with Crippen LogP contribution in [0.4, 0.5) is 0 Å².